The summed E-state index contributed by atoms with van der Waals surface area (Å²) in [6.45, 7) is 10.9. The summed E-state index contributed by atoms with van der Waals surface area (Å²) in [5.41, 5.74) is -3.63. The van der Waals surface area contributed by atoms with Gasteiger partial charge in [0.05, 0.1) is 18.8 Å². The molecule has 4 rings (SSSR count). The minimum absolute atomic E-state index is 0.00574. The molecule has 33 heavy (non-hydrogen) atoms. The largest absolute Gasteiger partial charge is 0.509 e. The number of aliphatic hydroxyl groups is 2. The van der Waals surface area contributed by atoms with Crippen molar-refractivity contribution in [3.05, 3.63) is 11.6 Å². The van der Waals surface area contributed by atoms with E-state index in [0.29, 0.717) is 6.42 Å². The zero-order chi connectivity index (χ0) is 25.3. The van der Waals surface area contributed by atoms with E-state index in [1.807, 2.05) is 33.8 Å². The van der Waals surface area contributed by atoms with Gasteiger partial charge in [-0.3, -0.25) is 4.79 Å². The summed E-state index contributed by atoms with van der Waals surface area (Å²) < 4.78 is 30.9. The molecule has 2 aliphatic carbocycles. The van der Waals surface area contributed by atoms with Crippen LogP contribution in [0, 0.1) is 22.7 Å². The van der Waals surface area contributed by atoms with E-state index in [1.165, 1.54) is 6.92 Å². The normalized spacial score (nSPS) is 47.5. The summed E-state index contributed by atoms with van der Waals surface area (Å²) in [6.07, 6.45) is -1.35. The Morgan fingerprint density at radius 1 is 1.39 bits per heavy atom. The number of hydrogen-bond acceptors (Lipinski definition) is 9. The third-order valence-corrected chi connectivity index (χ3v) is 9.24. The first-order valence-corrected chi connectivity index (χ1v) is 12.4. The predicted molar refractivity (Wildman–Crippen MR) is 121 cm³/mol. The Morgan fingerprint density at radius 3 is 2.67 bits per heavy atom. The second kappa shape index (κ2) is 7.95. The molecule has 3 fully saturated rings. The van der Waals surface area contributed by atoms with Crippen LogP contribution in [0.15, 0.2) is 11.6 Å². The van der Waals surface area contributed by atoms with Crippen molar-refractivity contribution < 1.29 is 39.6 Å². The van der Waals surface area contributed by atoms with Gasteiger partial charge in [0.15, 0.2) is 17.5 Å². The number of ether oxygens (including phenoxy) is 3. The average molecular weight is 487 g/mol. The van der Waals surface area contributed by atoms with E-state index in [-0.39, 0.29) is 25.2 Å². The molecule has 0 radical (unpaired) electrons. The molecule has 9 atom stereocenters. The van der Waals surface area contributed by atoms with Crippen molar-refractivity contribution in [2.24, 2.45) is 22.7 Å². The van der Waals surface area contributed by atoms with Crippen LogP contribution < -0.4 is 0 Å². The van der Waals surface area contributed by atoms with Gasteiger partial charge in [-0.25, -0.2) is 4.79 Å². The summed E-state index contributed by atoms with van der Waals surface area (Å²) in [6, 6.07) is 0. The molecule has 2 aliphatic heterocycles. The molecule has 2 saturated heterocycles. The van der Waals surface area contributed by atoms with Gasteiger partial charge in [0, 0.05) is 30.8 Å². The molecule has 4 aliphatic rings. The Kier molecular flexibility index (Phi) is 5.68. The molecule has 0 aromatic carbocycles. The minimum atomic E-state index is -1.42. The number of carbonyl (C=O) groups excluding carboxylic acids is 2. The first-order chi connectivity index (χ1) is 15.7. The summed E-state index contributed by atoms with van der Waals surface area (Å²) in [5, 5.41) is 22.2. The van der Waals surface area contributed by atoms with Crippen molar-refractivity contribution in [1.29, 1.82) is 0 Å². The van der Waals surface area contributed by atoms with E-state index in [1.54, 1.807) is 6.92 Å². The molecule has 186 valence electrons. The van der Waals surface area contributed by atoms with Crippen LogP contribution >= 0.6 is 12.0 Å². The second-order valence-electron chi connectivity index (χ2n) is 11.0. The minimum Gasteiger partial charge on any atom is -0.426 e. The highest BCUT2D eigenvalue weighted by Crippen LogP contribution is 2.63. The molecule has 2 heterocycles. The molecule has 1 saturated carbocycles. The molecule has 8 nitrogen and oxygen atoms in total. The van der Waals surface area contributed by atoms with Crippen molar-refractivity contribution >= 4 is 24.0 Å². The van der Waals surface area contributed by atoms with Crippen LogP contribution in [0.1, 0.15) is 55.8 Å². The average Bonchev–Trinajstić information content (AvgIpc) is 3.07. The number of fused-ring (bicyclic) bond motifs is 1. The van der Waals surface area contributed by atoms with Gasteiger partial charge in [0.25, 0.3) is 0 Å². The Hall–Kier alpha value is -1.13. The number of hydrogen-bond donors (Lipinski definition) is 2. The van der Waals surface area contributed by atoms with E-state index in [2.05, 4.69) is 0 Å². The maximum atomic E-state index is 13.5. The lowest BCUT2D eigenvalue weighted by molar-refractivity contribution is -0.325. The molecular weight excluding hydrogens is 448 g/mol. The van der Waals surface area contributed by atoms with Crippen LogP contribution in [0.5, 0.6) is 0 Å². The van der Waals surface area contributed by atoms with Crippen LogP contribution in [0.4, 0.5) is 4.79 Å². The zero-order valence-corrected chi connectivity index (χ0v) is 20.9. The Balaban J connectivity index is 1.87. The summed E-state index contributed by atoms with van der Waals surface area (Å²) in [7, 11) is 0. The third kappa shape index (κ3) is 3.33. The first-order valence-electron chi connectivity index (χ1n) is 12.2. The van der Waals surface area contributed by atoms with E-state index in [4.69, 9.17) is 19.8 Å². The lowest BCUT2D eigenvalue weighted by atomic mass is 9.47. The highest BCUT2D eigenvalue weighted by molar-refractivity contribution is 7.93. The molecule has 2 N–H and O–H groups in total. The number of rotatable bonds is 5. The fourth-order valence-corrected chi connectivity index (χ4v) is 7.23. The number of cyclic esters (lactones) is 1. The molecule has 0 aromatic rings. The van der Waals surface area contributed by atoms with Gasteiger partial charge in [-0.2, -0.15) is 0 Å². The number of ketones is 1. The van der Waals surface area contributed by atoms with E-state index >= 15 is 0 Å². The SMILES string of the molecule is [3H]CSO[C@H]1C[C@]2(OC(=O)O[C@H]2[C@@H]2[C@]3(O)CO[C@@H]3C[C@H](C)[C@@]2(C)C(=O)[C@@H](C)O)C(C)(C)C=C1C. The lowest BCUT2D eigenvalue weighted by Gasteiger charge is -2.64. The van der Waals surface area contributed by atoms with E-state index < -0.39 is 64.3 Å². The van der Waals surface area contributed by atoms with E-state index in [0.717, 1.165) is 17.6 Å². The molecular formula is C24H36O8S. The second-order valence-corrected chi connectivity index (χ2v) is 11.5. The summed E-state index contributed by atoms with van der Waals surface area (Å²) >= 11 is 1.01. The van der Waals surface area contributed by atoms with Crippen LogP contribution in [0.3, 0.4) is 0 Å². The summed E-state index contributed by atoms with van der Waals surface area (Å²) in [4.78, 5) is 26.3. The van der Waals surface area contributed by atoms with Gasteiger partial charge in [-0.05, 0) is 43.8 Å². The fraction of sp³-hybridized carbons (Fsp3) is 0.833. The van der Waals surface area contributed by atoms with Gasteiger partial charge >= 0.3 is 6.16 Å². The van der Waals surface area contributed by atoms with Crippen LogP contribution in [-0.2, 0) is 23.2 Å². The fourth-order valence-electron chi connectivity index (χ4n) is 6.85. The van der Waals surface area contributed by atoms with E-state index in [9.17, 15) is 19.8 Å². The van der Waals surface area contributed by atoms with Crippen molar-refractivity contribution in [1.82, 2.24) is 0 Å². The molecule has 0 unspecified atom stereocenters. The topological polar surface area (TPSA) is 112 Å². The van der Waals surface area contributed by atoms with Gasteiger partial charge < -0.3 is 28.6 Å². The number of aliphatic hydroxyl groups excluding tert-OH is 1. The molecule has 0 bridgehead atoms. The number of carbonyl (C=O) groups is 2. The number of Topliss-reactive ketones (excluding diaryl/α,β-unsaturated/α-hetero) is 1. The van der Waals surface area contributed by atoms with Gasteiger partial charge in [0.1, 0.15) is 11.7 Å². The first kappa shape index (κ1) is 23.6. The van der Waals surface area contributed by atoms with Crippen LogP contribution in [0.2, 0.25) is 0 Å². The highest BCUT2D eigenvalue weighted by Gasteiger charge is 2.75. The molecule has 9 heteroatoms. The Labute approximate surface area is 201 Å². The van der Waals surface area contributed by atoms with Gasteiger partial charge in [-0.15, -0.1) is 0 Å². The standard InChI is InChI=1S/C24H36O8S/c1-12-9-21(4,5)24(10-15(12)32-33-7)19(30-20(27)31-24)17-22(6,18(26)14(3)25)13(2)8-16-23(17,28)11-29-16/h9,13-17,19,25,28H,8,10-11H2,1-7H3/t13-,14+,15-,16+,17-,19-,22+,23-,24+/m0/s1/i7T. The maximum absolute atomic E-state index is 13.5. The van der Waals surface area contributed by atoms with Crippen molar-refractivity contribution in [3.63, 3.8) is 0 Å². The van der Waals surface area contributed by atoms with Gasteiger partial charge in [0.2, 0.25) is 0 Å². The van der Waals surface area contributed by atoms with Crippen LogP contribution in [-0.4, -0.2) is 70.6 Å². The summed E-state index contributed by atoms with van der Waals surface area (Å²) in [5.74, 6) is -1.53. The Bertz CT molecular complexity index is 892. The predicted octanol–water partition coefficient (Wildman–Crippen LogP) is 3.04. The quantitative estimate of drug-likeness (QED) is 0.344. The monoisotopic (exact) mass is 486 g/mol. The van der Waals surface area contributed by atoms with Crippen LogP contribution in [0.25, 0.3) is 0 Å². The van der Waals surface area contributed by atoms with Crippen molar-refractivity contribution in [3.8, 4) is 0 Å². The van der Waals surface area contributed by atoms with Crippen molar-refractivity contribution in [2.75, 3.05) is 12.8 Å². The molecule has 0 amide bonds. The highest BCUT2D eigenvalue weighted by atomic mass is 32.2. The zero-order valence-electron chi connectivity index (χ0n) is 21.1. The van der Waals surface area contributed by atoms with Gasteiger partial charge in [-0.1, -0.05) is 33.8 Å². The maximum Gasteiger partial charge on any atom is 0.509 e. The Morgan fingerprint density at radius 2 is 2.09 bits per heavy atom. The smallest absolute Gasteiger partial charge is 0.426 e. The molecule has 1 spiro atoms. The molecule has 0 aromatic heterocycles. The lowest BCUT2D eigenvalue weighted by Crippen LogP contribution is -2.77. The van der Waals surface area contributed by atoms with Crippen molar-refractivity contribution in [2.45, 2.75) is 90.0 Å². The third-order valence-electron chi connectivity index (χ3n) is 8.87.